The minimum atomic E-state index is -0.823. The molecule has 0 aliphatic carbocycles. The Morgan fingerprint density at radius 2 is 2.50 bits per heavy atom. The normalized spacial score (nSPS) is 24.9. The van der Waals surface area contributed by atoms with Crippen LogP contribution >= 0.6 is 0 Å². The van der Waals surface area contributed by atoms with Gasteiger partial charge in [-0.15, -0.1) is 0 Å². The SMILES string of the molecule is CC1C=CCN(C(=O)O)C1. The summed E-state index contributed by atoms with van der Waals surface area (Å²) >= 11 is 0. The van der Waals surface area contributed by atoms with Crippen molar-refractivity contribution >= 4 is 6.09 Å². The first-order chi connectivity index (χ1) is 4.70. The molecule has 10 heavy (non-hydrogen) atoms. The van der Waals surface area contributed by atoms with Gasteiger partial charge in [-0.2, -0.15) is 0 Å². The van der Waals surface area contributed by atoms with Crippen molar-refractivity contribution < 1.29 is 9.90 Å². The summed E-state index contributed by atoms with van der Waals surface area (Å²) < 4.78 is 0. The lowest BCUT2D eigenvalue weighted by molar-refractivity contribution is 0.144. The number of carboxylic acid groups (broad SMARTS) is 1. The van der Waals surface area contributed by atoms with Crippen LogP contribution in [0.2, 0.25) is 0 Å². The van der Waals surface area contributed by atoms with Crippen molar-refractivity contribution in [2.45, 2.75) is 6.92 Å². The summed E-state index contributed by atoms with van der Waals surface area (Å²) in [6, 6.07) is 0. The van der Waals surface area contributed by atoms with Gasteiger partial charge in [0.05, 0.1) is 0 Å². The van der Waals surface area contributed by atoms with Gasteiger partial charge in [0, 0.05) is 13.1 Å². The number of hydrogen-bond acceptors (Lipinski definition) is 1. The Kier molecular flexibility index (Phi) is 1.94. The smallest absolute Gasteiger partial charge is 0.407 e. The summed E-state index contributed by atoms with van der Waals surface area (Å²) in [5, 5.41) is 8.55. The Labute approximate surface area is 59.9 Å². The summed E-state index contributed by atoms with van der Waals surface area (Å²) in [6.45, 7) is 3.18. The van der Waals surface area contributed by atoms with Crippen molar-refractivity contribution in [3.63, 3.8) is 0 Å². The maximum atomic E-state index is 10.4. The molecule has 0 aromatic rings. The Bertz CT molecular complexity index is 165. The van der Waals surface area contributed by atoms with Gasteiger partial charge in [-0.25, -0.2) is 4.79 Å². The predicted octanol–water partition coefficient (Wildman–Crippen LogP) is 1.17. The fraction of sp³-hybridized carbons (Fsp3) is 0.571. The van der Waals surface area contributed by atoms with Gasteiger partial charge in [-0.3, -0.25) is 0 Å². The molecule has 0 spiro atoms. The average molecular weight is 141 g/mol. The highest BCUT2D eigenvalue weighted by atomic mass is 16.4. The third kappa shape index (κ3) is 1.50. The highest BCUT2D eigenvalue weighted by Crippen LogP contribution is 2.07. The number of amides is 1. The molecule has 1 atom stereocenters. The van der Waals surface area contributed by atoms with Crippen molar-refractivity contribution in [1.29, 1.82) is 0 Å². The highest BCUT2D eigenvalue weighted by Gasteiger charge is 2.15. The van der Waals surface area contributed by atoms with E-state index in [-0.39, 0.29) is 0 Å². The van der Waals surface area contributed by atoms with Crippen LogP contribution < -0.4 is 0 Å². The number of rotatable bonds is 0. The Morgan fingerprint density at radius 1 is 1.80 bits per heavy atom. The van der Waals surface area contributed by atoms with E-state index in [4.69, 9.17) is 5.11 Å². The van der Waals surface area contributed by atoms with E-state index in [2.05, 4.69) is 0 Å². The van der Waals surface area contributed by atoms with Crippen LogP contribution in [0.1, 0.15) is 6.92 Å². The van der Waals surface area contributed by atoms with E-state index in [9.17, 15) is 4.79 Å². The maximum Gasteiger partial charge on any atom is 0.407 e. The third-order valence-corrected chi connectivity index (χ3v) is 1.57. The third-order valence-electron chi connectivity index (χ3n) is 1.57. The quantitative estimate of drug-likeness (QED) is 0.514. The molecule has 0 aromatic carbocycles. The molecule has 0 fully saturated rings. The van der Waals surface area contributed by atoms with E-state index >= 15 is 0 Å². The van der Waals surface area contributed by atoms with Crippen molar-refractivity contribution in [2.24, 2.45) is 5.92 Å². The van der Waals surface area contributed by atoms with Crippen LogP contribution in [0.25, 0.3) is 0 Å². The zero-order valence-electron chi connectivity index (χ0n) is 5.95. The van der Waals surface area contributed by atoms with E-state index in [0.717, 1.165) is 0 Å². The summed E-state index contributed by atoms with van der Waals surface area (Å²) in [5.74, 6) is 0.366. The van der Waals surface area contributed by atoms with Crippen molar-refractivity contribution in [2.75, 3.05) is 13.1 Å². The van der Waals surface area contributed by atoms with E-state index in [1.165, 1.54) is 4.90 Å². The first kappa shape index (κ1) is 7.12. The van der Waals surface area contributed by atoms with Gasteiger partial charge in [0.25, 0.3) is 0 Å². The lowest BCUT2D eigenvalue weighted by Gasteiger charge is -2.23. The van der Waals surface area contributed by atoms with Gasteiger partial charge in [0.15, 0.2) is 0 Å². The molecule has 0 radical (unpaired) electrons. The van der Waals surface area contributed by atoms with Crippen LogP contribution in [0, 0.1) is 5.92 Å². The van der Waals surface area contributed by atoms with Gasteiger partial charge in [0.1, 0.15) is 0 Å². The summed E-state index contributed by atoms with van der Waals surface area (Å²) in [5.41, 5.74) is 0. The molecule has 1 unspecified atom stereocenters. The molecule has 1 aliphatic heterocycles. The van der Waals surface area contributed by atoms with Crippen molar-refractivity contribution in [3.8, 4) is 0 Å². The highest BCUT2D eigenvalue weighted by molar-refractivity contribution is 5.65. The molecule has 1 N–H and O–H groups in total. The fourth-order valence-corrected chi connectivity index (χ4v) is 1.06. The largest absolute Gasteiger partial charge is 0.465 e. The zero-order valence-corrected chi connectivity index (χ0v) is 5.95. The van der Waals surface area contributed by atoms with E-state index < -0.39 is 6.09 Å². The molecule has 3 heteroatoms. The molecule has 1 amide bonds. The van der Waals surface area contributed by atoms with Crippen LogP contribution in [0.5, 0.6) is 0 Å². The second-order valence-electron chi connectivity index (χ2n) is 2.59. The van der Waals surface area contributed by atoms with Crippen LogP contribution in [0.3, 0.4) is 0 Å². The van der Waals surface area contributed by atoms with Gasteiger partial charge in [-0.1, -0.05) is 19.1 Å². The lowest BCUT2D eigenvalue weighted by Crippen LogP contribution is -2.35. The summed E-state index contributed by atoms with van der Waals surface area (Å²) in [7, 11) is 0. The second-order valence-corrected chi connectivity index (χ2v) is 2.59. The maximum absolute atomic E-state index is 10.4. The molecule has 0 bridgehead atoms. The molecule has 0 saturated heterocycles. The topological polar surface area (TPSA) is 40.5 Å². The average Bonchev–Trinajstić information content (AvgIpc) is 1.88. The monoisotopic (exact) mass is 141 g/mol. The molecule has 1 rings (SSSR count). The molecular weight excluding hydrogens is 130 g/mol. The minimum Gasteiger partial charge on any atom is -0.465 e. The Balaban J connectivity index is 2.52. The van der Waals surface area contributed by atoms with E-state index in [1.807, 2.05) is 19.1 Å². The molecule has 0 saturated carbocycles. The van der Waals surface area contributed by atoms with Crippen LogP contribution in [-0.4, -0.2) is 29.2 Å². The van der Waals surface area contributed by atoms with Gasteiger partial charge < -0.3 is 10.0 Å². The second kappa shape index (κ2) is 2.73. The van der Waals surface area contributed by atoms with Gasteiger partial charge in [-0.05, 0) is 5.92 Å². The van der Waals surface area contributed by atoms with Crippen molar-refractivity contribution in [1.82, 2.24) is 4.90 Å². The van der Waals surface area contributed by atoms with Crippen LogP contribution in [-0.2, 0) is 0 Å². The Hall–Kier alpha value is -0.990. The lowest BCUT2D eigenvalue weighted by atomic mass is 10.1. The van der Waals surface area contributed by atoms with Crippen molar-refractivity contribution in [3.05, 3.63) is 12.2 Å². The molecule has 0 aromatic heterocycles. The molecule has 1 heterocycles. The first-order valence-corrected chi connectivity index (χ1v) is 3.34. The molecule has 3 nitrogen and oxygen atoms in total. The van der Waals surface area contributed by atoms with Crippen LogP contribution in [0.15, 0.2) is 12.2 Å². The minimum absolute atomic E-state index is 0.366. The number of carbonyl (C=O) groups is 1. The summed E-state index contributed by atoms with van der Waals surface area (Å²) in [6.07, 6.45) is 3.11. The fourth-order valence-electron chi connectivity index (χ4n) is 1.06. The Morgan fingerprint density at radius 3 is 2.90 bits per heavy atom. The summed E-state index contributed by atoms with van der Waals surface area (Å²) in [4.78, 5) is 11.8. The van der Waals surface area contributed by atoms with Gasteiger partial charge in [0.2, 0.25) is 0 Å². The number of hydrogen-bond donors (Lipinski definition) is 1. The zero-order chi connectivity index (χ0) is 7.56. The predicted molar refractivity (Wildman–Crippen MR) is 37.9 cm³/mol. The molecular formula is C7H11NO2. The standard InChI is InChI=1S/C7H11NO2/c1-6-3-2-4-8(5-6)7(9)10/h2-3,6H,4-5H2,1H3,(H,9,10). The van der Waals surface area contributed by atoms with Crippen LogP contribution in [0.4, 0.5) is 4.79 Å². The first-order valence-electron chi connectivity index (χ1n) is 3.34. The van der Waals surface area contributed by atoms with Gasteiger partial charge >= 0.3 is 6.09 Å². The number of nitrogens with zero attached hydrogens (tertiary/aromatic N) is 1. The molecule has 56 valence electrons. The van der Waals surface area contributed by atoms with E-state index in [0.29, 0.717) is 19.0 Å². The molecule has 1 aliphatic rings. The van der Waals surface area contributed by atoms with E-state index in [1.54, 1.807) is 0 Å².